The molecule has 0 fully saturated rings. The number of carbonyl (C=O) groups is 2. The molecule has 1 atom stereocenters. The summed E-state index contributed by atoms with van der Waals surface area (Å²) in [5, 5.41) is 3.93. The van der Waals surface area contributed by atoms with Gasteiger partial charge in [0.15, 0.2) is 6.10 Å². The lowest BCUT2D eigenvalue weighted by atomic mass is 10.1. The lowest BCUT2D eigenvalue weighted by Gasteiger charge is -2.34. The van der Waals surface area contributed by atoms with E-state index in [1.807, 2.05) is 19.1 Å². The molecule has 0 unspecified atom stereocenters. The molecule has 126 valence electrons. The summed E-state index contributed by atoms with van der Waals surface area (Å²) >= 11 is 0. The monoisotopic (exact) mass is 330 g/mol. The lowest BCUT2D eigenvalue weighted by Crippen LogP contribution is -2.46. The number of anilines is 1. The van der Waals surface area contributed by atoms with Crippen LogP contribution < -0.4 is 9.64 Å². The number of fused-ring (bicyclic) bond motifs is 1. The molecule has 1 aromatic heterocycles. The number of methoxy groups -OCH3 is 1. The minimum atomic E-state index is -0.909. The minimum Gasteiger partial charge on any atom is -0.478 e. The van der Waals surface area contributed by atoms with Gasteiger partial charge in [0.1, 0.15) is 11.5 Å². The van der Waals surface area contributed by atoms with E-state index in [1.54, 1.807) is 24.0 Å². The van der Waals surface area contributed by atoms with Crippen LogP contribution in [0.2, 0.25) is 0 Å². The van der Waals surface area contributed by atoms with E-state index >= 15 is 0 Å². The molecular weight excluding hydrogens is 312 g/mol. The van der Waals surface area contributed by atoms with Crippen LogP contribution in [-0.2, 0) is 20.9 Å². The number of ether oxygens (including phenoxy) is 2. The zero-order valence-electron chi connectivity index (χ0n) is 13.7. The number of aryl methyl sites for hydroxylation is 2. The van der Waals surface area contributed by atoms with Crippen LogP contribution in [0.5, 0.6) is 5.75 Å². The predicted molar refractivity (Wildman–Crippen MR) is 84.7 cm³/mol. The molecule has 0 aliphatic carbocycles. The zero-order chi connectivity index (χ0) is 17.3. The maximum absolute atomic E-state index is 12.8. The van der Waals surface area contributed by atoms with Gasteiger partial charge in [-0.25, -0.2) is 0 Å². The van der Waals surface area contributed by atoms with Gasteiger partial charge in [-0.15, -0.1) is 0 Å². The summed E-state index contributed by atoms with van der Waals surface area (Å²) in [7, 11) is 1.28. The number of para-hydroxylation sites is 2. The molecule has 0 radical (unpaired) electrons. The second-order valence-electron chi connectivity index (χ2n) is 5.58. The van der Waals surface area contributed by atoms with Crippen molar-refractivity contribution in [3.63, 3.8) is 0 Å². The molecular formula is C17H18N2O5. The van der Waals surface area contributed by atoms with E-state index < -0.39 is 12.1 Å². The highest BCUT2D eigenvalue weighted by Crippen LogP contribution is 2.36. The first-order valence-electron chi connectivity index (χ1n) is 7.57. The number of rotatable bonds is 4. The van der Waals surface area contributed by atoms with Gasteiger partial charge in [0.2, 0.25) is 0 Å². The number of carbonyl (C=O) groups excluding carboxylic acids is 2. The summed E-state index contributed by atoms with van der Waals surface area (Å²) in [6.07, 6.45) is -1.05. The van der Waals surface area contributed by atoms with Crippen LogP contribution in [0.3, 0.4) is 0 Å². The molecule has 0 saturated carbocycles. The number of hydrogen-bond acceptors (Lipinski definition) is 6. The van der Waals surface area contributed by atoms with Crippen molar-refractivity contribution in [1.82, 2.24) is 5.16 Å². The van der Waals surface area contributed by atoms with Gasteiger partial charge in [-0.2, -0.15) is 0 Å². The van der Waals surface area contributed by atoms with Crippen molar-refractivity contribution in [2.75, 3.05) is 12.0 Å². The Kier molecular flexibility index (Phi) is 4.24. The first kappa shape index (κ1) is 16.0. The van der Waals surface area contributed by atoms with Crippen molar-refractivity contribution in [3.8, 4) is 5.75 Å². The molecule has 7 heteroatoms. The summed E-state index contributed by atoms with van der Waals surface area (Å²) in [5.41, 5.74) is 2.23. The van der Waals surface area contributed by atoms with Gasteiger partial charge in [-0.1, -0.05) is 17.3 Å². The van der Waals surface area contributed by atoms with Gasteiger partial charge in [0.25, 0.3) is 5.91 Å². The third-order valence-electron chi connectivity index (χ3n) is 4.04. The van der Waals surface area contributed by atoms with Gasteiger partial charge in [-0.05, 0) is 26.0 Å². The molecule has 0 bridgehead atoms. The van der Waals surface area contributed by atoms with Crippen LogP contribution in [0.15, 0.2) is 28.8 Å². The number of benzene rings is 1. The number of aromatic nitrogens is 1. The van der Waals surface area contributed by atoms with Gasteiger partial charge in [-0.3, -0.25) is 9.59 Å². The molecule has 0 N–H and O–H groups in total. The molecule has 2 aromatic rings. The highest BCUT2D eigenvalue weighted by Gasteiger charge is 2.36. The number of hydrogen-bond donors (Lipinski definition) is 0. The summed E-state index contributed by atoms with van der Waals surface area (Å²) < 4.78 is 15.5. The number of esters is 1. The Morgan fingerprint density at radius 3 is 2.75 bits per heavy atom. The zero-order valence-corrected chi connectivity index (χ0v) is 13.7. The van der Waals surface area contributed by atoms with Crippen LogP contribution in [0, 0.1) is 13.8 Å². The van der Waals surface area contributed by atoms with Crippen LogP contribution in [-0.4, -0.2) is 30.2 Å². The SMILES string of the molecule is COC(=O)C[C@@H]1Oc2ccccc2N(Cc2c(C)noc2C)C1=O. The van der Waals surface area contributed by atoms with Gasteiger partial charge in [0.05, 0.1) is 31.5 Å². The molecule has 24 heavy (non-hydrogen) atoms. The molecule has 7 nitrogen and oxygen atoms in total. The van der Waals surface area contributed by atoms with E-state index in [0.717, 1.165) is 11.3 Å². The van der Waals surface area contributed by atoms with E-state index in [4.69, 9.17) is 9.26 Å². The average Bonchev–Trinajstić information content (AvgIpc) is 2.90. The van der Waals surface area contributed by atoms with E-state index in [1.165, 1.54) is 7.11 Å². The lowest BCUT2D eigenvalue weighted by molar-refractivity contribution is -0.145. The molecule has 1 amide bonds. The van der Waals surface area contributed by atoms with Crippen LogP contribution in [0.25, 0.3) is 0 Å². The fourth-order valence-corrected chi connectivity index (χ4v) is 2.69. The average molecular weight is 330 g/mol. The van der Waals surface area contributed by atoms with Gasteiger partial charge >= 0.3 is 5.97 Å². The number of amides is 1. The highest BCUT2D eigenvalue weighted by atomic mass is 16.5. The maximum Gasteiger partial charge on any atom is 0.309 e. The molecule has 1 aliphatic rings. The molecule has 3 rings (SSSR count). The van der Waals surface area contributed by atoms with E-state index in [0.29, 0.717) is 23.7 Å². The second kappa shape index (κ2) is 6.35. The van der Waals surface area contributed by atoms with Gasteiger partial charge < -0.3 is 18.9 Å². The van der Waals surface area contributed by atoms with E-state index in [-0.39, 0.29) is 12.3 Å². The Balaban J connectivity index is 1.96. The third kappa shape index (κ3) is 2.84. The Morgan fingerprint density at radius 2 is 2.08 bits per heavy atom. The molecule has 1 aliphatic heterocycles. The van der Waals surface area contributed by atoms with Crippen LogP contribution >= 0.6 is 0 Å². The topological polar surface area (TPSA) is 81.9 Å². The molecule has 0 spiro atoms. The summed E-state index contributed by atoms with van der Waals surface area (Å²) in [5.74, 6) is 0.427. The Labute approximate surface area is 139 Å². The first-order chi connectivity index (χ1) is 11.5. The minimum absolute atomic E-state index is 0.137. The fraction of sp³-hybridized carbons (Fsp3) is 0.353. The summed E-state index contributed by atoms with van der Waals surface area (Å²) in [6.45, 7) is 3.94. The van der Waals surface area contributed by atoms with Crippen molar-refractivity contribution in [3.05, 3.63) is 41.3 Å². The fourth-order valence-electron chi connectivity index (χ4n) is 2.69. The molecule has 1 aromatic carbocycles. The Bertz CT molecular complexity index is 764. The third-order valence-corrected chi connectivity index (χ3v) is 4.04. The van der Waals surface area contributed by atoms with Crippen LogP contribution in [0.1, 0.15) is 23.4 Å². The normalized spacial score (nSPS) is 16.5. The number of nitrogens with zero attached hydrogens (tertiary/aromatic N) is 2. The quantitative estimate of drug-likeness (QED) is 0.799. The van der Waals surface area contributed by atoms with Crippen molar-refractivity contribution in [1.29, 1.82) is 0 Å². The maximum atomic E-state index is 12.8. The predicted octanol–water partition coefficient (Wildman–Crippen LogP) is 2.15. The van der Waals surface area contributed by atoms with Gasteiger partial charge in [0, 0.05) is 5.56 Å². The van der Waals surface area contributed by atoms with Crippen molar-refractivity contribution >= 4 is 17.6 Å². The smallest absolute Gasteiger partial charge is 0.309 e. The van der Waals surface area contributed by atoms with Crippen LogP contribution in [0.4, 0.5) is 5.69 Å². The first-order valence-corrected chi connectivity index (χ1v) is 7.57. The summed E-state index contributed by atoms with van der Waals surface area (Å²) in [4.78, 5) is 26.0. The van der Waals surface area contributed by atoms with Crippen molar-refractivity contribution in [2.45, 2.75) is 32.9 Å². The van der Waals surface area contributed by atoms with E-state index in [9.17, 15) is 9.59 Å². The molecule has 0 saturated heterocycles. The van der Waals surface area contributed by atoms with Crippen molar-refractivity contribution in [2.24, 2.45) is 0 Å². The van der Waals surface area contributed by atoms with Crippen molar-refractivity contribution < 1.29 is 23.6 Å². The second-order valence-corrected chi connectivity index (χ2v) is 5.58. The summed E-state index contributed by atoms with van der Waals surface area (Å²) in [6, 6.07) is 7.22. The Hall–Kier alpha value is -2.83. The standard InChI is InChI=1S/C17H18N2O5/c1-10-12(11(2)24-18-10)9-19-13-6-4-5-7-14(13)23-15(17(19)21)8-16(20)22-3/h4-7,15H,8-9H2,1-3H3/t15-/m0/s1. The Morgan fingerprint density at radius 1 is 1.33 bits per heavy atom. The van der Waals surface area contributed by atoms with E-state index in [2.05, 4.69) is 9.89 Å². The largest absolute Gasteiger partial charge is 0.478 e. The molecule has 2 heterocycles. The highest BCUT2D eigenvalue weighted by molar-refractivity contribution is 6.01.